The van der Waals surface area contributed by atoms with Crippen LogP contribution in [0.2, 0.25) is 0 Å². The quantitative estimate of drug-likeness (QED) is 0.0730. The molecule has 2 heterocycles. The zero-order chi connectivity index (χ0) is 56.8. The number of hydrogen-bond acceptors (Lipinski definition) is 9. The molecule has 1 unspecified atom stereocenters. The summed E-state index contributed by atoms with van der Waals surface area (Å²) in [7, 11) is 3.32. The Morgan fingerprint density at radius 1 is 0.667 bits per heavy atom. The van der Waals surface area contributed by atoms with Gasteiger partial charge in [0.25, 0.3) is 5.91 Å². The van der Waals surface area contributed by atoms with E-state index in [1.54, 1.807) is 87.1 Å². The van der Waals surface area contributed by atoms with Crippen LogP contribution in [-0.4, -0.2) is 119 Å². The lowest BCUT2D eigenvalue weighted by Crippen LogP contribution is -2.62. The van der Waals surface area contributed by atoms with Crippen LogP contribution in [0.5, 0.6) is 0 Å². The second-order valence-corrected chi connectivity index (χ2v) is 23.5. The number of likely N-dealkylation sites (tertiary alicyclic amines) is 1. The van der Waals surface area contributed by atoms with E-state index in [1.165, 1.54) is 16.5 Å². The minimum absolute atomic E-state index is 0.0140. The summed E-state index contributed by atoms with van der Waals surface area (Å²) in [4.78, 5) is 105. The highest BCUT2D eigenvalue weighted by Gasteiger charge is 2.47. The monoisotopic (exact) mass is 1070 g/mol. The predicted octanol–water partition coefficient (Wildman–Crippen LogP) is 6.04. The molecular weight excluding hydrogens is 990 g/mol. The van der Waals surface area contributed by atoms with Gasteiger partial charge in [0.05, 0.1) is 24.2 Å². The number of nitrogens with one attached hydrogen (secondary N) is 6. The number of rotatable bonds is 17. The Bertz CT molecular complexity index is 2850. The molecule has 0 aromatic heterocycles. The third kappa shape index (κ3) is 13.5. The third-order valence-corrected chi connectivity index (χ3v) is 15.9. The molecule has 0 spiro atoms. The van der Waals surface area contributed by atoms with Gasteiger partial charge in [-0.25, -0.2) is 4.39 Å². The number of halogens is 1. The van der Waals surface area contributed by atoms with E-state index in [0.717, 1.165) is 36.0 Å². The maximum absolute atomic E-state index is 15.7. The fourth-order valence-electron chi connectivity index (χ4n) is 10.8. The Morgan fingerprint density at radius 2 is 1.22 bits per heavy atom. The molecule has 3 aliphatic rings. The van der Waals surface area contributed by atoms with Crippen molar-refractivity contribution in [2.75, 3.05) is 20.6 Å². The summed E-state index contributed by atoms with van der Waals surface area (Å²) in [5.41, 5.74) is 3.68. The predicted molar refractivity (Wildman–Crippen MR) is 298 cm³/mol. The Kier molecular flexibility index (Phi) is 18.6. The van der Waals surface area contributed by atoms with Crippen LogP contribution in [0.15, 0.2) is 97.1 Å². The molecule has 418 valence electrons. The van der Waals surface area contributed by atoms with Gasteiger partial charge in [0.15, 0.2) is 0 Å². The second kappa shape index (κ2) is 24.8. The molecule has 1 saturated heterocycles. The van der Waals surface area contributed by atoms with Crippen LogP contribution in [0.1, 0.15) is 137 Å². The number of likely N-dealkylation sites (N-methyl/N-ethyl adjacent to an activating group) is 2. The summed E-state index contributed by atoms with van der Waals surface area (Å²) < 4.78 is 15.7. The zero-order valence-electron chi connectivity index (χ0n) is 47.2. The van der Waals surface area contributed by atoms with Crippen LogP contribution in [-0.2, 0) is 54.7 Å². The van der Waals surface area contributed by atoms with Gasteiger partial charge in [0, 0.05) is 43.2 Å². The smallest absolute Gasteiger partial charge is 0.251 e. The fraction of sp³-hybridized carbons (Fsp3) is 0.492. The Balaban J connectivity index is 1.15. The summed E-state index contributed by atoms with van der Waals surface area (Å²) in [6.07, 6.45) is 2.84. The molecule has 16 nitrogen and oxygen atoms in total. The van der Waals surface area contributed by atoms with E-state index in [9.17, 15) is 28.8 Å². The molecule has 4 aromatic carbocycles. The largest absolute Gasteiger partial charge is 0.347 e. The van der Waals surface area contributed by atoms with E-state index in [-0.39, 0.29) is 67.4 Å². The van der Waals surface area contributed by atoms with Crippen LogP contribution in [0, 0.1) is 16.6 Å². The maximum Gasteiger partial charge on any atom is 0.251 e. The maximum atomic E-state index is 15.7. The molecule has 4 aromatic rings. The van der Waals surface area contributed by atoms with Crippen molar-refractivity contribution in [1.82, 2.24) is 46.6 Å². The molecule has 0 saturated carbocycles. The van der Waals surface area contributed by atoms with Crippen molar-refractivity contribution in [2.45, 2.75) is 162 Å². The normalized spacial score (nSPS) is 20.2. The number of amides is 7. The van der Waals surface area contributed by atoms with Crippen molar-refractivity contribution in [2.24, 2.45) is 10.8 Å². The zero-order valence-corrected chi connectivity index (χ0v) is 47.2. The van der Waals surface area contributed by atoms with Crippen molar-refractivity contribution >= 4 is 41.4 Å². The summed E-state index contributed by atoms with van der Waals surface area (Å²) in [6.45, 7) is 16.4. The minimum atomic E-state index is -1.02. The fourth-order valence-corrected chi connectivity index (χ4v) is 10.8. The number of carbonyl (C=O) groups excluding carboxylic acids is 7. The topological polar surface area (TPSA) is 201 Å². The lowest BCUT2D eigenvalue weighted by atomic mass is 9.84. The highest BCUT2D eigenvalue weighted by molar-refractivity contribution is 5.97. The summed E-state index contributed by atoms with van der Waals surface area (Å²) in [5, 5.41) is 18.0. The Morgan fingerprint density at radius 3 is 1.81 bits per heavy atom. The first-order chi connectivity index (χ1) is 36.9. The molecule has 1 aliphatic carbocycles. The van der Waals surface area contributed by atoms with E-state index < -0.39 is 88.6 Å². The molecule has 7 rings (SSSR count). The average molecular weight is 1070 g/mol. The van der Waals surface area contributed by atoms with Gasteiger partial charge in [-0.05, 0) is 117 Å². The molecule has 7 amide bonds. The van der Waals surface area contributed by atoms with E-state index in [2.05, 4.69) is 38.0 Å². The van der Waals surface area contributed by atoms with Gasteiger partial charge in [-0.2, -0.15) is 0 Å². The van der Waals surface area contributed by atoms with Gasteiger partial charge in [-0.3, -0.25) is 33.6 Å². The first kappa shape index (κ1) is 58.7. The highest BCUT2D eigenvalue weighted by Crippen LogP contribution is 2.35. The molecule has 9 atom stereocenters. The molecule has 2 aliphatic heterocycles. The van der Waals surface area contributed by atoms with E-state index >= 15 is 9.18 Å². The number of nitrogens with zero attached hydrogens (tertiary/aromatic N) is 3. The number of carbonyl (C=O) groups is 7. The van der Waals surface area contributed by atoms with Crippen LogP contribution in [0.25, 0.3) is 0 Å². The summed E-state index contributed by atoms with van der Waals surface area (Å²) in [5.74, 6) is -3.29. The van der Waals surface area contributed by atoms with Gasteiger partial charge in [0.2, 0.25) is 35.4 Å². The molecule has 78 heavy (non-hydrogen) atoms. The lowest BCUT2D eigenvalue weighted by Gasteiger charge is -2.43. The minimum Gasteiger partial charge on any atom is -0.347 e. The SMILES string of the molecule is CN[C@@H](C)C(=O)N[C@H](C(=O)N1Cc2ccccc2CC1C(=O)N(Cc1ccc(C(=O)N[C@H]2C[C@@H](C(=O)N[C@@H]3CCCc4ccccc43)N(C(=O)[C@@H](NC(=O)[C@H](C)NC)C(C)(C)C)C2)cc1)[C@H](C)c1ccccc1F)C(C)(C)C. The molecule has 0 radical (unpaired) electrons. The van der Waals surface area contributed by atoms with Crippen LogP contribution in [0.4, 0.5) is 4.39 Å². The molecule has 17 heteroatoms. The number of benzene rings is 4. The van der Waals surface area contributed by atoms with Crippen molar-refractivity contribution in [3.05, 3.63) is 142 Å². The highest BCUT2D eigenvalue weighted by atomic mass is 19.1. The summed E-state index contributed by atoms with van der Waals surface area (Å²) in [6, 6.07) is 21.8. The van der Waals surface area contributed by atoms with E-state index in [4.69, 9.17) is 0 Å². The molecule has 6 N–H and O–H groups in total. The van der Waals surface area contributed by atoms with Gasteiger partial charge in [0.1, 0.15) is 30.0 Å². The van der Waals surface area contributed by atoms with Crippen molar-refractivity contribution in [1.29, 1.82) is 0 Å². The van der Waals surface area contributed by atoms with Crippen LogP contribution >= 0.6 is 0 Å². The first-order valence-electron chi connectivity index (χ1n) is 27.4. The lowest BCUT2D eigenvalue weighted by molar-refractivity contribution is -0.152. The van der Waals surface area contributed by atoms with E-state index in [1.807, 2.05) is 84.0 Å². The number of hydrogen-bond donors (Lipinski definition) is 6. The van der Waals surface area contributed by atoms with Crippen LogP contribution in [0.3, 0.4) is 0 Å². The van der Waals surface area contributed by atoms with Gasteiger partial charge < -0.3 is 46.6 Å². The summed E-state index contributed by atoms with van der Waals surface area (Å²) >= 11 is 0. The number of fused-ring (bicyclic) bond motifs is 2. The first-order valence-corrected chi connectivity index (χ1v) is 27.4. The molecular formula is C61H80FN9O7. The van der Waals surface area contributed by atoms with Crippen molar-refractivity contribution in [3.8, 4) is 0 Å². The van der Waals surface area contributed by atoms with E-state index in [0.29, 0.717) is 5.56 Å². The molecule has 0 bridgehead atoms. The molecule has 1 fully saturated rings. The van der Waals surface area contributed by atoms with Gasteiger partial charge in [-0.15, -0.1) is 0 Å². The Labute approximate surface area is 459 Å². The Hall–Kier alpha value is -6.98. The number of aryl methyl sites for hydroxylation is 1. The van der Waals surface area contributed by atoms with Crippen LogP contribution < -0.4 is 31.9 Å². The average Bonchev–Trinajstić information content (AvgIpc) is 3.91. The third-order valence-electron chi connectivity index (χ3n) is 15.9. The van der Waals surface area contributed by atoms with Crippen molar-refractivity contribution in [3.63, 3.8) is 0 Å². The second-order valence-electron chi connectivity index (χ2n) is 23.5. The van der Waals surface area contributed by atoms with Gasteiger partial charge >= 0.3 is 0 Å². The van der Waals surface area contributed by atoms with Crippen molar-refractivity contribution < 1.29 is 38.0 Å². The van der Waals surface area contributed by atoms with Gasteiger partial charge in [-0.1, -0.05) is 120 Å². The standard InChI is InChI=1S/C61H80FN9O7/c1-36(63-10)53(72)67-51(60(4,5)6)58(77)70-34-43-21-13-12-20-42(43)31-50(70)57(76)69(38(3)45-23-16-17-25-47(45)62)33-39-27-29-41(30-28-39)55(74)65-44-32-49(56(75)66-48-26-18-22-40-19-14-15-24-46(40)48)71(35-44)59(78)52(61(7,8)9)68-54(73)37(2)64-11/h12-17,19-21,23-25,27-30,36-38,44,48-52,63-64H,18,22,26,31-35H2,1-11H3,(H,65,74)(H,66,75)(H,67,72)(H,68,73)/t36-,37-,38+,44-,48+,49-,50?,51+,52+/m0/s1.